The maximum Gasteiger partial charge on any atom is 0.324 e. The molecule has 2 aliphatic heterocycles. The molecule has 0 atom stereocenters. The quantitative estimate of drug-likeness (QED) is 0.763. The summed E-state index contributed by atoms with van der Waals surface area (Å²) >= 11 is 0. The van der Waals surface area contributed by atoms with Crippen molar-refractivity contribution in [2.75, 3.05) is 19.6 Å². The van der Waals surface area contributed by atoms with Crippen LogP contribution in [0.5, 0.6) is 0 Å². The molecular formula is C18H19N5O4. The van der Waals surface area contributed by atoms with Gasteiger partial charge in [-0.25, -0.2) is 9.78 Å². The summed E-state index contributed by atoms with van der Waals surface area (Å²) < 4.78 is 1.31. The molecule has 0 aliphatic carbocycles. The van der Waals surface area contributed by atoms with Crippen LogP contribution in [-0.4, -0.2) is 62.9 Å². The van der Waals surface area contributed by atoms with Gasteiger partial charge < -0.3 is 10.2 Å². The Balaban J connectivity index is 1.42. The number of carbonyl (C=O) groups is 3. The maximum atomic E-state index is 12.6. The molecule has 1 N–H and O–H groups in total. The predicted octanol–water partition coefficient (Wildman–Crippen LogP) is -0.0607. The van der Waals surface area contributed by atoms with E-state index in [-0.39, 0.29) is 42.5 Å². The number of benzene rings is 1. The number of nitrogens with one attached hydrogen (secondary N) is 1. The minimum Gasteiger partial charge on any atom is -0.341 e. The number of piperidine rings is 1. The summed E-state index contributed by atoms with van der Waals surface area (Å²) in [7, 11) is 0. The average molecular weight is 369 g/mol. The van der Waals surface area contributed by atoms with E-state index in [2.05, 4.69) is 10.3 Å². The summed E-state index contributed by atoms with van der Waals surface area (Å²) in [6.45, 7) is 0.840. The first-order valence-corrected chi connectivity index (χ1v) is 8.86. The predicted molar refractivity (Wildman–Crippen MR) is 95.8 cm³/mol. The molecule has 4 amide bonds. The number of carbonyl (C=O) groups excluding carboxylic acids is 3. The summed E-state index contributed by atoms with van der Waals surface area (Å²) in [5, 5.41) is 2.99. The number of likely N-dealkylation sites (tertiary alicyclic amines) is 1. The Morgan fingerprint density at radius 1 is 1.15 bits per heavy atom. The van der Waals surface area contributed by atoms with Gasteiger partial charge in [-0.2, -0.15) is 0 Å². The first kappa shape index (κ1) is 17.2. The molecule has 0 spiro atoms. The fourth-order valence-corrected chi connectivity index (χ4v) is 3.64. The Morgan fingerprint density at radius 2 is 1.89 bits per heavy atom. The van der Waals surface area contributed by atoms with Crippen LogP contribution in [0.2, 0.25) is 0 Å². The van der Waals surface area contributed by atoms with E-state index in [0.717, 1.165) is 0 Å². The van der Waals surface area contributed by atoms with Crippen molar-refractivity contribution in [2.45, 2.75) is 25.4 Å². The molecule has 0 radical (unpaired) electrons. The topological polar surface area (TPSA) is 105 Å². The fraction of sp³-hybridized carbons (Fsp3) is 0.389. The Kier molecular flexibility index (Phi) is 4.35. The molecule has 140 valence electrons. The number of urea groups is 1. The molecule has 3 heterocycles. The van der Waals surface area contributed by atoms with Crippen LogP contribution < -0.4 is 10.9 Å². The van der Waals surface area contributed by atoms with Gasteiger partial charge in [-0.1, -0.05) is 12.1 Å². The van der Waals surface area contributed by atoms with Crippen LogP contribution in [0.25, 0.3) is 10.9 Å². The second kappa shape index (κ2) is 6.82. The first-order chi connectivity index (χ1) is 13.0. The van der Waals surface area contributed by atoms with Gasteiger partial charge in [-0.3, -0.25) is 23.9 Å². The Labute approximate surface area is 154 Å². The van der Waals surface area contributed by atoms with Gasteiger partial charge in [0, 0.05) is 19.1 Å². The molecule has 4 rings (SSSR count). The Bertz CT molecular complexity index is 961. The molecule has 9 heteroatoms. The number of nitrogens with zero attached hydrogens (tertiary/aromatic N) is 4. The third kappa shape index (κ3) is 3.16. The molecule has 1 aromatic heterocycles. The lowest BCUT2D eigenvalue weighted by molar-refractivity contribution is -0.134. The number of fused-ring (bicyclic) bond motifs is 1. The smallest absolute Gasteiger partial charge is 0.324 e. The van der Waals surface area contributed by atoms with Crippen LogP contribution in [0.1, 0.15) is 12.8 Å². The van der Waals surface area contributed by atoms with E-state index in [1.165, 1.54) is 15.8 Å². The van der Waals surface area contributed by atoms with Gasteiger partial charge in [-0.05, 0) is 25.0 Å². The second-order valence-corrected chi connectivity index (χ2v) is 6.73. The van der Waals surface area contributed by atoms with E-state index in [0.29, 0.717) is 36.8 Å². The van der Waals surface area contributed by atoms with E-state index >= 15 is 0 Å². The summed E-state index contributed by atoms with van der Waals surface area (Å²) in [6.07, 6.45) is 2.47. The van der Waals surface area contributed by atoms with Gasteiger partial charge >= 0.3 is 6.03 Å². The van der Waals surface area contributed by atoms with Crippen LogP contribution in [0.3, 0.4) is 0 Å². The number of para-hydroxylation sites is 1. The standard InChI is InChI=1S/C18H19N5O4/c24-15-9-19-18(27)23(15)12-5-7-21(8-6-12)16(25)10-22-11-20-14-4-2-1-3-13(14)17(22)26/h1-4,11-12H,5-10H2,(H,19,27). The maximum absolute atomic E-state index is 12.6. The van der Waals surface area contributed by atoms with Crippen molar-refractivity contribution in [3.05, 3.63) is 40.9 Å². The molecule has 2 fully saturated rings. The van der Waals surface area contributed by atoms with Crippen LogP contribution >= 0.6 is 0 Å². The number of amides is 4. The third-order valence-electron chi connectivity index (χ3n) is 5.10. The van der Waals surface area contributed by atoms with E-state index in [4.69, 9.17) is 0 Å². The van der Waals surface area contributed by atoms with Crippen molar-refractivity contribution in [1.29, 1.82) is 0 Å². The van der Waals surface area contributed by atoms with E-state index in [1.807, 2.05) is 0 Å². The zero-order valence-electron chi connectivity index (χ0n) is 14.6. The molecule has 1 aromatic carbocycles. The number of imide groups is 1. The van der Waals surface area contributed by atoms with Crippen molar-refractivity contribution < 1.29 is 14.4 Å². The van der Waals surface area contributed by atoms with Gasteiger partial charge in [0.05, 0.1) is 23.8 Å². The van der Waals surface area contributed by atoms with Gasteiger partial charge in [0.2, 0.25) is 11.8 Å². The number of rotatable bonds is 3. The van der Waals surface area contributed by atoms with Crippen LogP contribution in [0.15, 0.2) is 35.4 Å². The highest BCUT2D eigenvalue weighted by Crippen LogP contribution is 2.19. The second-order valence-electron chi connectivity index (χ2n) is 6.73. The highest BCUT2D eigenvalue weighted by Gasteiger charge is 2.37. The van der Waals surface area contributed by atoms with E-state index in [9.17, 15) is 19.2 Å². The molecule has 2 aromatic rings. The lowest BCUT2D eigenvalue weighted by atomic mass is 10.0. The van der Waals surface area contributed by atoms with E-state index < -0.39 is 0 Å². The first-order valence-electron chi connectivity index (χ1n) is 8.86. The number of hydrogen-bond acceptors (Lipinski definition) is 5. The lowest BCUT2D eigenvalue weighted by Gasteiger charge is -2.35. The summed E-state index contributed by atoms with van der Waals surface area (Å²) in [4.78, 5) is 55.8. The minimum atomic E-state index is -0.362. The molecule has 9 nitrogen and oxygen atoms in total. The normalized spacial score (nSPS) is 18.2. The van der Waals surface area contributed by atoms with Crippen molar-refractivity contribution in [3.63, 3.8) is 0 Å². The van der Waals surface area contributed by atoms with Crippen molar-refractivity contribution in [1.82, 2.24) is 24.7 Å². The molecule has 0 unspecified atom stereocenters. The molecular weight excluding hydrogens is 350 g/mol. The van der Waals surface area contributed by atoms with Gasteiger partial charge in [0.25, 0.3) is 5.56 Å². The van der Waals surface area contributed by atoms with Crippen molar-refractivity contribution in [2.24, 2.45) is 0 Å². The molecule has 0 bridgehead atoms. The molecule has 2 aliphatic rings. The molecule has 0 saturated carbocycles. The zero-order chi connectivity index (χ0) is 19.0. The highest BCUT2D eigenvalue weighted by atomic mass is 16.2. The van der Waals surface area contributed by atoms with E-state index in [1.54, 1.807) is 29.2 Å². The summed E-state index contributed by atoms with van der Waals surface area (Å²) in [5.41, 5.74) is 0.351. The Hall–Kier alpha value is -3.23. The largest absolute Gasteiger partial charge is 0.341 e. The SMILES string of the molecule is O=C(Cn1cnc2ccccc2c1=O)N1CCC(N2C(=O)CNC2=O)CC1. The molecule has 2 saturated heterocycles. The third-order valence-corrected chi connectivity index (χ3v) is 5.10. The van der Waals surface area contributed by atoms with Gasteiger partial charge in [0.1, 0.15) is 6.54 Å². The average Bonchev–Trinajstić information content (AvgIpc) is 3.02. The van der Waals surface area contributed by atoms with Crippen molar-refractivity contribution >= 4 is 28.7 Å². The van der Waals surface area contributed by atoms with Crippen molar-refractivity contribution in [3.8, 4) is 0 Å². The lowest BCUT2D eigenvalue weighted by Crippen LogP contribution is -2.49. The zero-order valence-corrected chi connectivity index (χ0v) is 14.6. The number of aromatic nitrogens is 2. The fourth-order valence-electron chi connectivity index (χ4n) is 3.64. The molecule has 27 heavy (non-hydrogen) atoms. The van der Waals surface area contributed by atoms with Crippen LogP contribution in [-0.2, 0) is 16.1 Å². The minimum absolute atomic E-state index is 0.0376. The highest BCUT2D eigenvalue weighted by molar-refractivity contribution is 6.02. The van der Waals surface area contributed by atoms with Gasteiger partial charge in [-0.15, -0.1) is 0 Å². The Morgan fingerprint density at radius 3 is 2.59 bits per heavy atom. The van der Waals surface area contributed by atoms with Gasteiger partial charge in [0.15, 0.2) is 0 Å². The monoisotopic (exact) mass is 369 g/mol. The van der Waals surface area contributed by atoms with Crippen LogP contribution in [0, 0.1) is 0 Å². The summed E-state index contributed by atoms with van der Waals surface area (Å²) in [6, 6.07) is 6.46. The van der Waals surface area contributed by atoms with Crippen LogP contribution in [0.4, 0.5) is 4.79 Å². The number of hydrogen-bond donors (Lipinski definition) is 1. The summed E-state index contributed by atoms with van der Waals surface area (Å²) in [5.74, 6) is -0.400.